The number of sulfone groups is 1. The van der Waals surface area contributed by atoms with Gasteiger partial charge in [0.15, 0.2) is 9.84 Å². The van der Waals surface area contributed by atoms with Gasteiger partial charge in [-0.25, -0.2) is 12.8 Å². The maximum atomic E-state index is 14.4. The first-order valence-corrected chi connectivity index (χ1v) is 16.0. The Hall–Kier alpha value is -3.21. The van der Waals surface area contributed by atoms with E-state index in [4.69, 9.17) is 12.2 Å². The Balaban J connectivity index is 1.54. The van der Waals surface area contributed by atoms with Gasteiger partial charge in [-0.3, -0.25) is 19.1 Å². The zero-order chi connectivity index (χ0) is 28.8. The van der Waals surface area contributed by atoms with Gasteiger partial charge in [-0.05, 0) is 44.0 Å². The van der Waals surface area contributed by atoms with E-state index in [1.807, 2.05) is 22.8 Å². The number of anilines is 2. The van der Waals surface area contributed by atoms with Gasteiger partial charge >= 0.3 is 0 Å². The third-order valence-electron chi connectivity index (χ3n) is 7.61. The quantitative estimate of drug-likeness (QED) is 0.378. The first-order chi connectivity index (χ1) is 19.1. The summed E-state index contributed by atoms with van der Waals surface area (Å²) >= 11 is 6.57. The number of benzene rings is 1. The molecule has 0 aliphatic carbocycles. The number of pyridine rings is 1. The van der Waals surface area contributed by atoms with E-state index in [0.29, 0.717) is 71.0 Å². The molecule has 40 heavy (non-hydrogen) atoms. The summed E-state index contributed by atoms with van der Waals surface area (Å²) < 4.78 is 40.4. The minimum atomic E-state index is -3.22. The van der Waals surface area contributed by atoms with Gasteiger partial charge in [-0.1, -0.05) is 36.1 Å². The minimum absolute atomic E-state index is 0.000734. The predicted molar refractivity (Wildman–Crippen MR) is 159 cm³/mol. The molecule has 1 aromatic heterocycles. The van der Waals surface area contributed by atoms with Crippen molar-refractivity contribution in [3.05, 3.63) is 62.0 Å². The molecule has 3 fully saturated rings. The summed E-state index contributed by atoms with van der Waals surface area (Å²) in [6.07, 6.45) is 2.00. The first kappa shape index (κ1) is 28.3. The summed E-state index contributed by atoms with van der Waals surface area (Å²) in [4.78, 5) is 32.5. The summed E-state index contributed by atoms with van der Waals surface area (Å²) in [7, 11) is -3.22. The zero-order valence-corrected chi connectivity index (χ0v) is 24.5. The Morgan fingerprint density at radius 2 is 1.85 bits per heavy atom. The molecule has 0 radical (unpaired) electrons. The van der Waals surface area contributed by atoms with Crippen LogP contribution in [-0.2, 0) is 21.2 Å². The number of nitrogens with zero attached hydrogens (tertiary/aromatic N) is 5. The van der Waals surface area contributed by atoms with Gasteiger partial charge in [0.05, 0.1) is 28.1 Å². The molecule has 9 nitrogen and oxygen atoms in total. The first-order valence-electron chi connectivity index (χ1n) is 13.0. The van der Waals surface area contributed by atoms with Crippen molar-refractivity contribution in [1.82, 2.24) is 9.47 Å². The summed E-state index contributed by atoms with van der Waals surface area (Å²) in [5, 5.41) is 9.82. The van der Waals surface area contributed by atoms with Gasteiger partial charge in [-0.15, -0.1) is 0 Å². The number of hydrogen-bond acceptors (Lipinski definition) is 9. The Labute approximate surface area is 241 Å². The number of thiocarbonyl (C=S) groups is 1. The SMILES string of the molecule is CCn1c(N2CCN(c3ccccc3F)CC2)c(/C=C2\SC(=S)N(C3CCS(=O)(=O)C3)C2=O)c(C)c(C#N)c1=O. The summed E-state index contributed by atoms with van der Waals surface area (Å²) in [5.74, 6) is -0.190. The number of aromatic nitrogens is 1. The third kappa shape index (κ3) is 5.04. The second-order valence-electron chi connectivity index (χ2n) is 9.93. The van der Waals surface area contributed by atoms with Crippen LogP contribution in [0.5, 0.6) is 0 Å². The van der Waals surface area contributed by atoms with Crippen LogP contribution in [0.3, 0.4) is 0 Å². The van der Waals surface area contributed by atoms with Crippen molar-refractivity contribution in [1.29, 1.82) is 5.26 Å². The molecule has 2 aromatic rings. The molecule has 13 heteroatoms. The Morgan fingerprint density at radius 1 is 1.18 bits per heavy atom. The molecule has 0 spiro atoms. The molecule has 3 aliphatic heterocycles. The topological polar surface area (TPSA) is 107 Å². The van der Waals surface area contributed by atoms with E-state index in [1.54, 1.807) is 35.8 Å². The molecule has 1 unspecified atom stereocenters. The largest absolute Gasteiger partial charge is 0.366 e. The van der Waals surface area contributed by atoms with Crippen molar-refractivity contribution < 1.29 is 17.6 Å². The van der Waals surface area contributed by atoms with E-state index in [1.165, 1.54) is 11.0 Å². The summed E-state index contributed by atoms with van der Waals surface area (Å²) in [6.45, 7) is 5.81. The number of carbonyl (C=O) groups is 1. The fourth-order valence-electron chi connectivity index (χ4n) is 5.55. The number of hydrogen-bond donors (Lipinski definition) is 0. The van der Waals surface area contributed by atoms with E-state index < -0.39 is 21.4 Å². The lowest BCUT2D eigenvalue weighted by molar-refractivity contribution is -0.123. The van der Waals surface area contributed by atoms with Gasteiger partial charge in [0, 0.05) is 38.3 Å². The standard InChI is InChI=1S/C27H28FN5O4S3/c1-3-32-24(31-11-9-30(10-12-31)22-7-5-4-6-21(22)28)19(17(2)20(15-29)25(32)34)14-23-26(35)33(27(38)39-23)18-8-13-40(36,37)16-18/h4-7,14,18H,3,8-13,16H2,1-2H3/b23-14-. The number of piperazine rings is 1. The van der Waals surface area contributed by atoms with Crippen LogP contribution in [0.1, 0.15) is 30.0 Å². The van der Waals surface area contributed by atoms with E-state index in [2.05, 4.69) is 0 Å². The smallest absolute Gasteiger partial charge is 0.270 e. The summed E-state index contributed by atoms with van der Waals surface area (Å²) in [5.41, 5.74) is 1.13. The number of para-hydroxylation sites is 1. The third-order valence-corrected chi connectivity index (χ3v) is 10.7. The maximum Gasteiger partial charge on any atom is 0.270 e. The number of halogens is 1. The fourth-order valence-corrected chi connectivity index (χ4v) is 8.63. The normalized spacial score (nSPS) is 21.9. The van der Waals surface area contributed by atoms with Crippen molar-refractivity contribution in [3.8, 4) is 6.07 Å². The second kappa shape index (κ2) is 11.0. The van der Waals surface area contributed by atoms with E-state index >= 15 is 0 Å². The average molecular weight is 602 g/mol. The molecular formula is C27H28FN5O4S3. The lowest BCUT2D eigenvalue weighted by Gasteiger charge is -2.39. The van der Waals surface area contributed by atoms with Crippen LogP contribution in [0.15, 0.2) is 34.0 Å². The van der Waals surface area contributed by atoms with Crippen LogP contribution in [0.25, 0.3) is 6.08 Å². The van der Waals surface area contributed by atoms with Crippen LogP contribution < -0.4 is 15.4 Å². The number of rotatable bonds is 5. The van der Waals surface area contributed by atoms with Crippen molar-refractivity contribution in [2.45, 2.75) is 32.9 Å². The molecule has 1 amide bonds. The molecule has 1 aromatic carbocycles. The molecule has 210 valence electrons. The Bertz CT molecular complexity index is 1640. The number of amides is 1. The molecule has 4 heterocycles. The molecule has 0 bridgehead atoms. The van der Waals surface area contributed by atoms with E-state index in [0.717, 1.165) is 11.8 Å². The fraction of sp³-hybridized carbons (Fsp3) is 0.407. The maximum absolute atomic E-state index is 14.4. The summed E-state index contributed by atoms with van der Waals surface area (Å²) in [6, 6.07) is 8.12. The molecule has 5 rings (SSSR count). The van der Waals surface area contributed by atoms with Crippen LogP contribution in [0, 0.1) is 24.1 Å². The molecule has 1 atom stereocenters. The van der Waals surface area contributed by atoms with Gasteiger partial charge in [0.25, 0.3) is 11.5 Å². The highest BCUT2D eigenvalue weighted by molar-refractivity contribution is 8.26. The molecule has 0 N–H and O–H groups in total. The van der Waals surface area contributed by atoms with Crippen molar-refractivity contribution in [3.63, 3.8) is 0 Å². The monoisotopic (exact) mass is 601 g/mol. The van der Waals surface area contributed by atoms with E-state index in [-0.39, 0.29) is 28.8 Å². The van der Waals surface area contributed by atoms with Crippen LogP contribution in [0.2, 0.25) is 0 Å². The molecule has 0 saturated carbocycles. The Morgan fingerprint density at radius 3 is 2.45 bits per heavy atom. The lowest BCUT2D eigenvalue weighted by Crippen LogP contribution is -2.49. The zero-order valence-electron chi connectivity index (χ0n) is 22.1. The van der Waals surface area contributed by atoms with Crippen molar-refractivity contribution >= 4 is 61.6 Å². The van der Waals surface area contributed by atoms with Gasteiger partial charge in [0.2, 0.25) is 0 Å². The number of nitriles is 1. The van der Waals surface area contributed by atoms with Gasteiger partial charge in [0.1, 0.15) is 27.6 Å². The van der Waals surface area contributed by atoms with E-state index in [9.17, 15) is 27.7 Å². The van der Waals surface area contributed by atoms with Gasteiger partial charge in [-0.2, -0.15) is 5.26 Å². The number of carbonyl (C=O) groups excluding carboxylic acids is 1. The average Bonchev–Trinajstić information content (AvgIpc) is 3.42. The minimum Gasteiger partial charge on any atom is -0.366 e. The Kier molecular flexibility index (Phi) is 7.78. The van der Waals surface area contributed by atoms with Gasteiger partial charge < -0.3 is 9.80 Å². The second-order valence-corrected chi connectivity index (χ2v) is 13.8. The van der Waals surface area contributed by atoms with Crippen LogP contribution >= 0.6 is 24.0 Å². The molecular weight excluding hydrogens is 574 g/mol. The highest BCUT2D eigenvalue weighted by Crippen LogP contribution is 2.38. The predicted octanol–water partition coefficient (Wildman–Crippen LogP) is 2.90. The number of thioether (sulfide) groups is 1. The highest BCUT2D eigenvalue weighted by Gasteiger charge is 2.42. The van der Waals surface area contributed by atoms with Crippen molar-refractivity contribution in [2.24, 2.45) is 0 Å². The van der Waals surface area contributed by atoms with Crippen LogP contribution in [0.4, 0.5) is 15.9 Å². The molecule has 3 aliphatic rings. The molecule has 3 saturated heterocycles. The van der Waals surface area contributed by atoms with Crippen molar-refractivity contribution in [2.75, 3.05) is 47.5 Å². The highest BCUT2D eigenvalue weighted by atomic mass is 32.2. The lowest BCUT2D eigenvalue weighted by atomic mass is 10.0. The van der Waals surface area contributed by atoms with Crippen LogP contribution in [-0.4, -0.2) is 71.8 Å².